The lowest BCUT2D eigenvalue weighted by atomic mass is 10.0. The van der Waals surface area contributed by atoms with E-state index < -0.39 is 0 Å². The molecule has 0 saturated carbocycles. The normalized spacial score (nSPS) is 25.0. The van der Waals surface area contributed by atoms with Crippen LogP contribution in [0.1, 0.15) is 41.6 Å². The average molecular weight is 400 g/mol. The van der Waals surface area contributed by atoms with Crippen LogP contribution >= 0.6 is 15.9 Å². The largest absolute Gasteiger partial charge is 0.337 e. The summed E-state index contributed by atoms with van der Waals surface area (Å²) in [5.74, 6) is 0.161. The van der Waals surface area contributed by atoms with Crippen molar-refractivity contribution in [1.29, 1.82) is 0 Å². The van der Waals surface area contributed by atoms with Crippen molar-refractivity contribution in [2.75, 3.05) is 7.05 Å². The van der Waals surface area contributed by atoms with Crippen LogP contribution < -0.4 is 10.9 Å². The summed E-state index contributed by atoms with van der Waals surface area (Å²) in [6.45, 7) is 0. The molecule has 1 heterocycles. The molecule has 25 heavy (non-hydrogen) atoms. The number of hydrogen-bond donors (Lipinski definition) is 2. The second kappa shape index (κ2) is 6.90. The molecule has 0 aromatic heterocycles. The molecular formula is C20H22BrN3O. The minimum absolute atomic E-state index is 0.159. The molecule has 3 atom stereocenters. The van der Waals surface area contributed by atoms with Crippen LogP contribution in [0, 0.1) is 0 Å². The Morgan fingerprint density at radius 2 is 1.88 bits per heavy atom. The van der Waals surface area contributed by atoms with Crippen LogP contribution in [0.25, 0.3) is 0 Å². The van der Waals surface area contributed by atoms with Crippen LogP contribution in [0.5, 0.6) is 0 Å². The van der Waals surface area contributed by atoms with Gasteiger partial charge in [0.2, 0.25) is 5.91 Å². The van der Waals surface area contributed by atoms with E-state index in [4.69, 9.17) is 0 Å². The minimum Gasteiger partial charge on any atom is -0.337 e. The molecule has 0 spiro atoms. The van der Waals surface area contributed by atoms with Gasteiger partial charge >= 0.3 is 0 Å². The zero-order valence-electron chi connectivity index (χ0n) is 14.2. The maximum absolute atomic E-state index is 13.0. The lowest BCUT2D eigenvalue weighted by Crippen LogP contribution is -2.45. The third-order valence-corrected chi connectivity index (χ3v) is 5.92. The lowest BCUT2D eigenvalue weighted by Gasteiger charge is -2.28. The number of hydrazine groups is 1. The number of amides is 1. The molecule has 130 valence electrons. The zero-order chi connectivity index (χ0) is 17.4. The van der Waals surface area contributed by atoms with Crippen LogP contribution in [-0.2, 0) is 11.2 Å². The van der Waals surface area contributed by atoms with Gasteiger partial charge in [0.05, 0.1) is 6.04 Å². The van der Waals surface area contributed by atoms with Crippen molar-refractivity contribution in [3.63, 3.8) is 0 Å². The number of fused-ring (bicyclic) bond motifs is 1. The number of carbonyl (C=O) groups is 1. The van der Waals surface area contributed by atoms with Crippen LogP contribution in [0.15, 0.2) is 53.0 Å². The van der Waals surface area contributed by atoms with Gasteiger partial charge in [-0.05, 0) is 48.1 Å². The summed E-state index contributed by atoms with van der Waals surface area (Å²) in [5.41, 5.74) is 10.3. The predicted octanol–water partition coefficient (Wildman–Crippen LogP) is 3.50. The third kappa shape index (κ3) is 3.24. The van der Waals surface area contributed by atoms with Crippen molar-refractivity contribution in [1.82, 2.24) is 15.8 Å². The van der Waals surface area contributed by atoms with E-state index >= 15 is 0 Å². The fourth-order valence-electron chi connectivity index (χ4n) is 3.97. The summed E-state index contributed by atoms with van der Waals surface area (Å²) in [6, 6.07) is 16.9. The van der Waals surface area contributed by atoms with Crippen molar-refractivity contribution >= 4 is 21.8 Å². The van der Waals surface area contributed by atoms with E-state index in [9.17, 15) is 4.79 Å². The first-order chi connectivity index (χ1) is 12.1. The Bertz CT molecular complexity index is 777. The zero-order valence-corrected chi connectivity index (χ0v) is 15.8. The monoisotopic (exact) mass is 399 g/mol. The van der Waals surface area contributed by atoms with E-state index in [1.807, 2.05) is 24.1 Å². The standard InChI is InChI=1S/C20H22BrN3O/c1-24(19-11-8-13-4-2-3-5-16(13)19)20(25)18-12-17(22-23-18)14-6-9-15(21)10-7-14/h2-7,9-10,17-19,22-23H,8,11-12H2,1H3. The minimum atomic E-state index is -0.189. The SMILES string of the molecule is CN(C(=O)C1CC(c2ccc(Br)cc2)NN1)C1CCc2ccccc21. The summed E-state index contributed by atoms with van der Waals surface area (Å²) < 4.78 is 1.06. The van der Waals surface area contributed by atoms with Crippen LogP contribution in [0.2, 0.25) is 0 Å². The number of benzene rings is 2. The van der Waals surface area contributed by atoms with E-state index in [1.54, 1.807) is 0 Å². The highest BCUT2D eigenvalue weighted by Crippen LogP contribution is 2.35. The second-order valence-corrected chi connectivity index (χ2v) is 7.80. The van der Waals surface area contributed by atoms with Crippen molar-refractivity contribution in [2.24, 2.45) is 0 Å². The summed E-state index contributed by atoms with van der Waals surface area (Å²) in [4.78, 5) is 14.9. The molecule has 0 bridgehead atoms. The summed E-state index contributed by atoms with van der Waals surface area (Å²) in [5, 5.41) is 0. The van der Waals surface area contributed by atoms with Gasteiger partial charge in [-0.25, -0.2) is 10.9 Å². The molecule has 2 aromatic carbocycles. The molecule has 1 aliphatic carbocycles. The molecule has 2 N–H and O–H groups in total. The van der Waals surface area contributed by atoms with Crippen molar-refractivity contribution in [3.05, 3.63) is 69.7 Å². The molecule has 1 saturated heterocycles. The van der Waals surface area contributed by atoms with Gasteiger partial charge in [0, 0.05) is 17.6 Å². The number of likely N-dealkylation sites (N-methyl/N-ethyl adjacent to an activating group) is 1. The van der Waals surface area contributed by atoms with E-state index in [0.29, 0.717) is 0 Å². The fourth-order valence-corrected chi connectivity index (χ4v) is 4.23. The first-order valence-electron chi connectivity index (χ1n) is 8.74. The maximum atomic E-state index is 13.0. The first-order valence-corrected chi connectivity index (χ1v) is 9.54. The van der Waals surface area contributed by atoms with Gasteiger partial charge in [0.15, 0.2) is 0 Å². The number of nitrogens with zero attached hydrogens (tertiary/aromatic N) is 1. The molecule has 4 nitrogen and oxygen atoms in total. The van der Waals surface area contributed by atoms with Gasteiger partial charge in [0.1, 0.15) is 6.04 Å². The van der Waals surface area contributed by atoms with Gasteiger partial charge in [-0.1, -0.05) is 52.3 Å². The van der Waals surface area contributed by atoms with Gasteiger partial charge in [0.25, 0.3) is 0 Å². The van der Waals surface area contributed by atoms with Crippen molar-refractivity contribution < 1.29 is 4.79 Å². The van der Waals surface area contributed by atoms with E-state index in [0.717, 1.165) is 23.7 Å². The van der Waals surface area contributed by atoms with Gasteiger partial charge in [-0.3, -0.25) is 4.79 Å². The number of halogens is 1. The number of nitrogens with one attached hydrogen (secondary N) is 2. The Labute approximate surface area is 156 Å². The second-order valence-electron chi connectivity index (χ2n) is 6.88. The molecule has 5 heteroatoms. The summed E-state index contributed by atoms with van der Waals surface area (Å²) in [7, 11) is 1.93. The van der Waals surface area contributed by atoms with Gasteiger partial charge in [-0.2, -0.15) is 0 Å². The van der Waals surface area contributed by atoms with E-state index in [-0.39, 0.29) is 24.0 Å². The van der Waals surface area contributed by atoms with Crippen LogP contribution in [0.4, 0.5) is 0 Å². The first kappa shape index (κ1) is 16.8. The number of rotatable bonds is 3. The Kier molecular flexibility index (Phi) is 4.63. The topological polar surface area (TPSA) is 44.4 Å². The highest BCUT2D eigenvalue weighted by atomic mass is 79.9. The molecule has 1 fully saturated rings. The molecule has 4 rings (SSSR count). The molecule has 1 aliphatic heterocycles. The van der Waals surface area contributed by atoms with Crippen LogP contribution in [0.3, 0.4) is 0 Å². The Hall–Kier alpha value is -1.69. The summed E-state index contributed by atoms with van der Waals surface area (Å²) >= 11 is 3.46. The van der Waals surface area contributed by atoms with Crippen molar-refractivity contribution in [3.8, 4) is 0 Å². The molecule has 1 amide bonds. The van der Waals surface area contributed by atoms with Crippen LogP contribution in [-0.4, -0.2) is 23.9 Å². The number of hydrogen-bond acceptors (Lipinski definition) is 3. The molecule has 0 radical (unpaired) electrons. The lowest BCUT2D eigenvalue weighted by molar-refractivity contribution is -0.134. The predicted molar refractivity (Wildman–Crippen MR) is 102 cm³/mol. The number of aryl methyl sites for hydroxylation is 1. The smallest absolute Gasteiger partial charge is 0.241 e. The fraction of sp³-hybridized carbons (Fsp3) is 0.350. The molecule has 3 unspecified atom stereocenters. The average Bonchev–Trinajstić information content (AvgIpc) is 3.28. The number of carbonyl (C=O) groups excluding carboxylic acids is 1. The third-order valence-electron chi connectivity index (χ3n) is 5.39. The van der Waals surface area contributed by atoms with E-state index in [2.05, 4.69) is 63.2 Å². The Morgan fingerprint density at radius 1 is 1.12 bits per heavy atom. The van der Waals surface area contributed by atoms with Crippen molar-refractivity contribution in [2.45, 2.75) is 37.4 Å². The molecule has 2 aliphatic rings. The van der Waals surface area contributed by atoms with Gasteiger partial charge < -0.3 is 4.90 Å². The van der Waals surface area contributed by atoms with E-state index in [1.165, 1.54) is 16.7 Å². The summed E-state index contributed by atoms with van der Waals surface area (Å²) in [6.07, 6.45) is 2.83. The molecule has 2 aromatic rings. The van der Waals surface area contributed by atoms with Gasteiger partial charge in [-0.15, -0.1) is 0 Å². The quantitative estimate of drug-likeness (QED) is 0.829. The molecular weight excluding hydrogens is 378 g/mol. The Balaban J connectivity index is 1.44. The highest BCUT2D eigenvalue weighted by Gasteiger charge is 2.36. The highest BCUT2D eigenvalue weighted by molar-refractivity contribution is 9.10. The maximum Gasteiger partial charge on any atom is 0.241 e. The Morgan fingerprint density at radius 3 is 2.68 bits per heavy atom.